The molecule has 0 radical (unpaired) electrons. The van der Waals surface area contributed by atoms with Gasteiger partial charge in [0.1, 0.15) is 5.82 Å². The lowest BCUT2D eigenvalue weighted by molar-refractivity contribution is 0.603. The molecule has 0 atom stereocenters. The van der Waals surface area contributed by atoms with Crippen molar-refractivity contribution in [1.29, 1.82) is 0 Å². The van der Waals surface area contributed by atoms with Gasteiger partial charge in [0.2, 0.25) is 5.95 Å². The number of nitrogens with two attached hydrogens (primary N) is 2. The quantitative estimate of drug-likeness (QED) is 0.798. The van der Waals surface area contributed by atoms with Gasteiger partial charge in [-0.05, 0) is 6.42 Å². The molecule has 0 aromatic carbocycles. The van der Waals surface area contributed by atoms with Gasteiger partial charge in [0.05, 0.1) is 11.9 Å². The van der Waals surface area contributed by atoms with Crippen LogP contribution in [0.3, 0.4) is 0 Å². The zero-order chi connectivity index (χ0) is 11.5. The highest BCUT2D eigenvalue weighted by Gasteiger charge is 2.05. The molecular formula is C10H14N6. The number of anilines is 2. The van der Waals surface area contributed by atoms with Crippen LogP contribution in [0.5, 0.6) is 0 Å². The largest absolute Gasteiger partial charge is 0.384 e. The van der Waals surface area contributed by atoms with Crippen LogP contribution >= 0.6 is 0 Å². The molecule has 0 fully saturated rings. The Morgan fingerprint density at radius 2 is 2.12 bits per heavy atom. The Kier molecular flexibility index (Phi) is 2.72. The van der Waals surface area contributed by atoms with Gasteiger partial charge in [0.15, 0.2) is 0 Å². The Balaban J connectivity index is 2.34. The second kappa shape index (κ2) is 4.18. The maximum atomic E-state index is 5.60. The van der Waals surface area contributed by atoms with Crippen molar-refractivity contribution < 1.29 is 0 Å². The third-order valence-corrected chi connectivity index (χ3v) is 2.14. The second-order valence-electron chi connectivity index (χ2n) is 3.53. The van der Waals surface area contributed by atoms with Crippen molar-refractivity contribution in [2.24, 2.45) is 0 Å². The minimum absolute atomic E-state index is 0.179. The average Bonchev–Trinajstić information content (AvgIpc) is 2.65. The van der Waals surface area contributed by atoms with E-state index in [0.717, 1.165) is 18.5 Å². The van der Waals surface area contributed by atoms with Gasteiger partial charge in [-0.3, -0.25) is 4.68 Å². The van der Waals surface area contributed by atoms with E-state index in [2.05, 4.69) is 22.0 Å². The summed E-state index contributed by atoms with van der Waals surface area (Å²) in [7, 11) is 0. The molecule has 6 nitrogen and oxygen atoms in total. The molecule has 16 heavy (non-hydrogen) atoms. The van der Waals surface area contributed by atoms with Crippen molar-refractivity contribution in [3.05, 3.63) is 18.5 Å². The zero-order valence-electron chi connectivity index (χ0n) is 9.09. The van der Waals surface area contributed by atoms with Gasteiger partial charge in [0, 0.05) is 24.4 Å². The Morgan fingerprint density at radius 3 is 2.81 bits per heavy atom. The van der Waals surface area contributed by atoms with E-state index in [1.165, 1.54) is 0 Å². The van der Waals surface area contributed by atoms with Gasteiger partial charge in [-0.15, -0.1) is 0 Å². The lowest BCUT2D eigenvalue weighted by Crippen LogP contribution is -2.00. The minimum Gasteiger partial charge on any atom is -0.384 e. The summed E-state index contributed by atoms with van der Waals surface area (Å²) in [5, 5.41) is 4.22. The number of nitrogens with zero attached hydrogens (tertiary/aromatic N) is 4. The van der Waals surface area contributed by atoms with Gasteiger partial charge in [-0.1, -0.05) is 6.92 Å². The van der Waals surface area contributed by atoms with Crippen molar-refractivity contribution in [3.63, 3.8) is 0 Å². The molecule has 84 valence electrons. The van der Waals surface area contributed by atoms with E-state index in [1.807, 2.05) is 10.9 Å². The summed E-state index contributed by atoms with van der Waals surface area (Å²) >= 11 is 0. The summed E-state index contributed by atoms with van der Waals surface area (Å²) in [6.45, 7) is 2.98. The first-order chi connectivity index (χ1) is 7.69. The number of aromatic nitrogens is 4. The van der Waals surface area contributed by atoms with E-state index in [9.17, 15) is 0 Å². The SMILES string of the molecule is CCCn1cc(-c2cc(N)nc(N)n2)cn1. The van der Waals surface area contributed by atoms with Crippen LogP contribution in [0.4, 0.5) is 11.8 Å². The molecule has 0 aliphatic heterocycles. The molecule has 6 heteroatoms. The molecule has 0 spiro atoms. The molecule has 2 heterocycles. The van der Waals surface area contributed by atoms with Crippen LogP contribution in [0.15, 0.2) is 18.5 Å². The normalized spacial score (nSPS) is 10.6. The number of aryl methyl sites for hydroxylation is 1. The molecule has 4 N–H and O–H groups in total. The predicted octanol–water partition coefficient (Wildman–Crippen LogP) is 0.915. The van der Waals surface area contributed by atoms with Gasteiger partial charge >= 0.3 is 0 Å². The fraction of sp³-hybridized carbons (Fsp3) is 0.300. The maximum Gasteiger partial charge on any atom is 0.222 e. The van der Waals surface area contributed by atoms with Crippen LogP contribution in [0, 0.1) is 0 Å². The summed E-state index contributed by atoms with van der Waals surface area (Å²) in [5.74, 6) is 0.545. The summed E-state index contributed by atoms with van der Waals surface area (Å²) in [5.41, 5.74) is 12.7. The van der Waals surface area contributed by atoms with Crippen LogP contribution in [0.2, 0.25) is 0 Å². The maximum absolute atomic E-state index is 5.60. The molecule has 2 aromatic rings. The van der Waals surface area contributed by atoms with Crippen LogP contribution in [-0.4, -0.2) is 19.7 Å². The van der Waals surface area contributed by atoms with E-state index in [4.69, 9.17) is 11.5 Å². The van der Waals surface area contributed by atoms with Crippen molar-refractivity contribution in [3.8, 4) is 11.3 Å². The highest BCUT2D eigenvalue weighted by Crippen LogP contribution is 2.18. The van der Waals surface area contributed by atoms with Gasteiger partial charge < -0.3 is 11.5 Å². The van der Waals surface area contributed by atoms with Crippen molar-refractivity contribution >= 4 is 11.8 Å². The Hall–Kier alpha value is -2.11. The first kappa shape index (κ1) is 10.4. The van der Waals surface area contributed by atoms with E-state index in [-0.39, 0.29) is 5.95 Å². The molecule has 0 saturated heterocycles. The number of rotatable bonds is 3. The van der Waals surface area contributed by atoms with E-state index in [1.54, 1.807) is 12.3 Å². The van der Waals surface area contributed by atoms with Gasteiger partial charge in [-0.25, -0.2) is 4.98 Å². The van der Waals surface area contributed by atoms with E-state index < -0.39 is 0 Å². The molecule has 0 amide bonds. The van der Waals surface area contributed by atoms with E-state index >= 15 is 0 Å². The van der Waals surface area contributed by atoms with Crippen molar-refractivity contribution in [1.82, 2.24) is 19.7 Å². The lowest BCUT2D eigenvalue weighted by Gasteiger charge is -2.00. The van der Waals surface area contributed by atoms with E-state index in [0.29, 0.717) is 11.5 Å². The van der Waals surface area contributed by atoms with Gasteiger partial charge in [-0.2, -0.15) is 10.1 Å². The second-order valence-corrected chi connectivity index (χ2v) is 3.53. The third-order valence-electron chi connectivity index (χ3n) is 2.14. The molecule has 0 saturated carbocycles. The zero-order valence-corrected chi connectivity index (χ0v) is 9.09. The Bertz CT molecular complexity index is 470. The number of hydrogen-bond acceptors (Lipinski definition) is 5. The summed E-state index contributed by atoms with van der Waals surface area (Å²) in [6.07, 6.45) is 4.71. The fourth-order valence-corrected chi connectivity index (χ4v) is 1.48. The standard InChI is InChI=1S/C10H14N6/c1-2-3-16-6-7(5-13-16)8-4-9(11)15-10(12)14-8/h4-6H,2-3H2,1H3,(H4,11,12,14,15). The predicted molar refractivity (Wildman–Crippen MR) is 62.4 cm³/mol. The van der Waals surface area contributed by atoms with Crippen molar-refractivity contribution in [2.45, 2.75) is 19.9 Å². The Morgan fingerprint density at radius 1 is 1.31 bits per heavy atom. The monoisotopic (exact) mass is 218 g/mol. The third kappa shape index (κ3) is 2.10. The first-order valence-corrected chi connectivity index (χ1v) is 5.12. The minimum atomic E-state index is 0.179. The topological polar surface area (TPSA) is 95.6 Å². The lowest BCUT2D eigenvalue weighted by atomic mass is 10.2. The molecular weight excluding hydrogens is 204 g/mol. The molecule has 0 aliphatic rings. The van der Waals surface area contributed by atoms with Gasteiger partial charge in [0.25, 0.3) is 0 Å². The smallest absolute Gasteiger partial charge is 0.222 e. The van der Waals surface area contributed by atoms with Crippen LogP contribution in [0.25, 0.3) is 11.3 Å². The summed E-state index contributed by atoms with van der Waals surface area (Å²) < 4.78 is 1.86. The van der Waals surface area contributed by atoms with Crippen LogP contribution < -0.4 is 11.5 Å². The molecule has 0 aliphatic carbocycles. The summed E-state index contributed by atoms with van der Waals surface area (Å²) in [6, 6.07) is 1.68. The number of nitrogen functional groups attached to an aromatic ring is 2. The molecule has 2 aromatic heterocycles. The Labute approximate surface area is 93.3 Å². The number of hydrogen-bond donors (Lipinski definition) is 2. The fourth-order valence-electron chi connectivity index (χ4n) is 1.48. The molecule has 0 unspecified atom stereocenters. The highest BCUT2D eigenvalue weighted by molar-refractivity contribution is 5.61. The summed E-state index contributed by atoms with van der Waals surface area (Å²) in [4.78, 5) is 7.93. The average molecular weight is 218 g/mol. The van der Waals surface area contributed by atoms with Crippen molar-refractivity contribution in [2.75, 3.05) is 11.5 Å². The van der Waals surface area contributed by atoms with Crippen LogP contribution in [0.1, 0.15) is 13.3 Å². The molecule has 2 rings (SSSR count). The molecule has 0 bridgehead atoms. The highest BCUT2D eigenvalue weighted by atomic mass is 15.3. The first-order valence-electron chi connectivity index (χ1n) is 5.12. The van der Waals surface area contributed by atoms with Crippen LogP contribution in [-0.2, 0) is 6.54 Å².